The van der Waals surface area contributed by atoms with Gasteiger partial charge in [-0.25, -0.2) is 9.97 Å². The lowest BCUT2D eigenvalue weighted by Crippen LogP contribution is -2.32. The third kappa shape index (κ3) is 5.21. The summed E-state index contributed by atoms with van der Waals surface area (Å²) in [5.74, 6) is 1.51. The van der Waals surface area contributed by atoms with E-state index in [0.717, 1.165) is 38.3 Å². The fraction of sp³-hybridized carbons (Fsp3) is 0.174. The van der Waals surface area contributed by atoms with Crippen molar-refractivity contribution in [2.45, 2.75) is 13.5 Å². The van der Waals surface area contributed by atoms with Crippen molar-refractivity contribution in [2.24, 2.45) is 0 Å². The molecule has 0 spiro atoms. The van der Waals surface area contributed by atoms with E-state index in [9.17, 15) is 4.79 Å². The van der Waals surface area contributed by atoms with E-state index in [1.165, 1.54) is 6.92 Å². The molecule has 2 N–H and O–H groups in total. The van der Waals surface area contributed by atoms with Crippen LogP contribution in [-0.2, 0) is 11.4 Å². The number of carbonyl (C=O) groups is 1. The van der Waals surface area contributed by atoms with E-state index in [1.807, 2.05) is 54.7 Å². The molecule has 8 heteroatoms. The Morgan fingerprint density at radius 3 is 2.87 bits per heavy atom. The SMILES string of the molecule is CC(=O)NCCN(c1cccc(COc2cccc(Br)c2)c1)c1ncnc2[nH]ccc12. The average molecular weight is 480 g/mol. The lowest BCUT2D eigenvalue weighted by atomic mass is 10.2. The standard InChI is InChI=1S/C23H22BrN5O2/c1-16(30)25-10-11-29(23-21-8-9-26-22(21)27-15-28-23)19-6-2-4-17(12-19)14-31-20-7-3-5-18(24)13-20/h2-9,12-13,15H,10-11,14H2,1H3,(H,25,30)(H,26,27,28). The minimum absolute atomic E-state index is 0.0643. The number of carbonyl (C=O) groups excluding carboxylic acids is 1. The van der Waals surface area contributed by atoms with Gasteiger partial charge in [-0.3, -0.25) is 4.79 Å². The van der Waals surface area contributed by atoms with Crippen molar-refractivity contribution in [3.05, 3.63) is 77.2 Å². The molecule has 2 aromatic carbocycles. The van der Waals surface area contributed by atoms with Crippen LogP contribution in [0.15, 0.2) is 71.6 Å². The first-order valence-electron chi connectivity index (χ1n) is 9.87. The first-order chi connectivity index (χ1) is 15.1. The van der Waals surface area contributed by atoms with Crippen LogP contribution in [-0.4, -0.2) is 33.9 Å². The number of rotatable bonds is 8. The zero-order valence-corrected chi connectivity index (χ0v) is 18.6. The monoisotopic (exact) mass is 479 g/mol. The molecular formula is C23H22BrN5O2. The summed E-state index contributed by atoms with van der Waals surface area (Å²) in [6, 6.07) is 17.8. The van der Waals surface area contributed by atoms with Crippen LogP contribution >= 0.6 is 15.9 Å². The van der Waals surface area contributed by atoms with Gasteiger partial charge < -0.3 is 19.9 Å². The smallest absolute Gasteiger partial charge is 0.216 e. The van der Waals surface area contributed by atoms with E-state index in [2.05, 4.69) is 47.2 Å². The fourth-order valence-corrected chi connectivity index (χ4v) is 3.69. The first kappa shape index (κ1) is 20.9. The molecule has 0 aliphatic carbocycles. The number of ether oxygens (including phenoxy) is 1. The maximum Gasteiger partial charge on any atom is 0.216 e. The van der Waals surface area contributed by atoms with Gasteiger partial charge in [0.1, 0.15) is 30.1 Å². The molecule has 158 valence electrons. The van der Waals surface area contributed by atoms with Gasteiger partial charge in [-0.05, 0) is 42.0 Å². The highest BCUT2D eigenvalue weighted by Gasteiger charge is 2.16. The van der Waals surface area contributed by atoms with Gasteiger partial charge in [-0.2, -0.15) is 0 Å². The van der Waals surface area contributed by atoms with Crippen molar-refractivity contribution in [1.29, 1.82) is 0 Å². The Labute approximate surface area is 188 Å². The number of hydrogen-bond donors (Lipinski definition) is 2. The van der Waals surface area contributed by atoms with E-state index >= 15 is 0 Å². The van der Waals surface area contributed by atoms with Crippen LogP contribution in [0.4, 0.5) is 11.5 Å². The molecule has 0 fully saturated rings. The molecule has 2 heterocycles. The van der Waals surface area contributed by atoms with Crippen molar-refractivity contribution >= 4 is 44.4 Å². The number of hydrogen-bond acceptors (Lipinski definition) is 5. The lowest BCUT2D eigenvalue weighted by Gasteiger charge is -2.25. The average Bonchev–Trinajstić information content (AvgIpc) is 3.25. The van der Waals surface area contributed by atoms with Gasteiger partial charge in [-0.15, -0.1) is 0 Å². The third-order valence-corrected chi connectivity index (χ3v) is 5.22. The molecule has 0 bridgehead atoms. The number of benzene rings is 2. The zero-order valence-electron chi connectivity index (χ0n) is 17.0. The zero-order chi connectivity index (χ0) is 21.6. The molecule has 0 aliphatic rings. The highest BCUT2D eigenvalue weighted by atomic mass is 79.9. The number of fused-ring (bicyclic) bond motifs is 1. The molecule has 2 aromatic heterocycles. The summed E-state index contributed by atoms with van der Waals surface area (Å²) in [4.78, 5) is 25.4. The van der Waals surface area contributed by atoms with E-state index < -0.39 is 0 Å². The van der Waals surface area contributed by atoms with Crippen LogP contribution in [0.25, 0.3) is 11.0 Å². The molecule has 1 amide bonds. The van der Waals surface area contributed by atoms with Gasteiger partial charge in [0.15, 0.2) is 0 Å². The molecule has 0 radical (unpaired) electrons. The molecule has 7 nitrogen and oxygen atoms in total. The van der Waals surface area contributed by atoms with E-state index in [1.54, 1.807) is 6.33 Å². The predicted molar refractivity (Wildman–Crippen MR) is 124 cm³/mol. The minimum atomic E-state index is -0.0643. The number of nitrogens with zero attached hydrogens (tertiary/aromatic N) is 3. The Balaban J connectivity index is 1.61. The predicted octanol–water partition coefficient (Wildman–Crippen LogP) is 4.57. The second kappa shape index (κ2) is 9.61. The quantitative estimate of drug-likeness (QED) is 0.386. The Kier molecular flexibility index (Phi) is 6.47. The second-order valence-corrected chi connectivity index (χ2v) is 7.90. The second-order valence-electron chi connectivity index (χ2n) is 6.99. The molecule has 4 aromatic rings. The summed E-state index contributed by atoms with van der Waals surface area (Å²) in [5, 5.41) is 3.78. The summed E-state index contributed by atoms with van der Waals surface area (Å²) in [5.41, 5.74) is 2.76. The van der Waals surface area contributed by atoms with Gasteiger partial charge in [0.25, 0.3) is 0 Å². The molecule has 31 heavy (non-hydrogen) atoms. The molecule has 0 saturated carbocycles. The Morgan fingerprint density at radius 2 is 2.03 bits per heavy atom. The van der Waals surface area contributed by atoms with Crippen LogP contribution in [0.3, 0.4) is 0 Å². The number of halogens is 1. The molecule has 0 aliphatic heterocycles. The Morgan fingerprint density at radius 1 is 1.16 bits per heavy atom. The van der Waals surface area contributed by atoms with Crippen molar-refractivity contribution in [1.82, 2.24) is 20.3 Å². The molecule has 0 saturated heterocycles. The van der Waals surface area contributed by atoms with Crippen molar-refractivity contribution in [2.75, 3.05) is 18.0 Å². The van der Waals surface area contributed by atoms with Crippen molar-refractivity contribution < 1.29 is 9.53 Å². The fourth-order valence-electron chi connectivity index (χ4n) is 3.31. The van der Waals surface area contributed by atoms with E-state index in [0.29, 0.717) is 19.7 Å². The van der Waals surface area contributed by atoms with Gasteiger partial charge in [-0.1, -0.05) is 34.1 Å². The van der Waals surface area contributed by atoms with Crippen molar-refractivity contribution in [3.8, 4) is 5.75 Å². The maximum absolute atomic E-state index is 11.4. The summed E-state index contributed by atoms with van der Waals surface area (Å²) < 4.78 is 6.92. The highest BCUT2D eigenvalue weighted by molar-refractivity contribution is 9.10. The minimum Gasteiger partial charge on any atom is -0.489 e. The summed E-state index contributed by atoms with van der Waals surface area (Å²) in [6.07, 6.45) is 3.39. The molecule has 0 atom stereocenters. The summed E-state index contributed by atoms with van der Waals surface area (Å²) >= 11 is 3.46. The number of aromatic nitrogens is 3. The van der Waals surface area contributed by atoms with Crippen molar-refractivity contribution in [3.63, 3.8) is 0 Å². The van der Waals surface area contributed by atoms with Crippen LogP contribution in [0.2, 0.25) is 0 Å². The van der Waals surface area contributed by atoms with Gasteiger partial charge in [0.05, 0.1) is 5.39 Å². The Bertz CT molecular complexity index is 1190. The van der Waals surface area contributed by atoms with Gasteiger partial charge >= 0.3 is 0 Å². The summed E-state index contributed by atoms with van der Waals surface area (Å²) in [6.45, 7) is 3.00. The molecular weight excluding hydrogens is 458 g/mol. The normalized spacial score (nSPS) is 10.8. The largest absolute Gasteiger partial charge is 0.489 e. The van der Waals surface area contributed by atoms with Gasteiger partial charge in [0.2, 0.25) is 5.91 Å². The Hall–Kier alpha value is -3.39. The highest BCUT2D eigenvalue weighted by Crippen LogP contribution is 2.29. The summed E-state index contributed by atoms with van der Waals surface area (Å²) in [7, 11) is 0. The number of anilines is 2. The number of aromatic amines is 1. The van der Waals surface area contributed by atoms with Crippen LogP contribution in [0, 0.1) is 0 Å². The van der Waals surface area contributed by atoms with E-state index in [4.69, 9.17) is 4.74 Å². The van der Waals surface area contributed by atoms with Crippen LogP contribution < -0.4 is 15.0 Å². The number of amides is 1. The number of H-pyrrole nitrogens is 1. The molecule has 0 unspecified atom stereocenters. The maximum atomic E-state index is 11.4. The number of nitrogens with one attached hydrogen (secondary N) is 2. The van der Waals surface area contributed by atoms with Crippen LogP contribution in [0.1, 0.15) is 12.5 Å². The van der Waals surface area contributed by atoms with Crippen LogP contribution in [0.5, 0.6) is 5.75 Å². The first-order valence-corrected chi connectivity index (χ1v) is 10.7. The molecule has 4 rings (SSSR count). The third-order valence-electron chi connectivity index (χ3n) is 4.72. The van der Waals surface area contributed by atoms with E-state index in [-0.39, 0.29) is 5.91 Å². The topological polar surface area (TPSA) is 83.1 Å². The lowest BCUT2D eigenvalue weighted by molar-refractivity contribution is -0.118. The van der Waals surface area contributed by atoms with Gasteiger partial charge in [0, 0.05) is 36.4 Å².